The first-order chi connectivity index (χ1) is 11.3. The Balaban J connectivity index is 1.81. The normalized spacial score (nSPS) is 11.0. The van der Waals surface area contributed by atoms with E-state index in [4.69, 9.17) is 0 Å². The fourth-order valence-electron chi connectivity index (χ4n) is 1.88. The number of ether oxygens (including phenoxy) is 1. The molecule has 24 heavy (non-hydrogen) atoms. The molecule has 0 spiro atoms. The third-order valence-corrected chi connectivity index (χ3v) is 2.95. The van der Waals surface area contributed by atoms with Crippen LogP contribution in [0, 0.1) is 5.82 Å². The highest BCUT2D eigenvalue weighted by molar-refractivity contribution is 5.73. The summed E-state index contributed by atoms with van der Waals surface area (Å²) in [6.45, 7) is 0.230. The zero-order valence-corrected chi connectivity index (χ0v) is 12.4. The molecule has 0 fully saturated rings. The monoisotopic (exact) mass is 342 g/mol. The summed E-state index contributed by atoms with van der Waals surface area (Å²) in [7, 11) is 0. The van der Waals surface area contributed by atoms with Crippen LogP contribution in [0.5, 0.6) is 5.75 Å². The summed E-state index contributed by atoms with van der Waals surface area (Å²) in [4.78, 5) is 11.7. The maximum Gasteiger partial charge on any atom is 0.573 e. The Labute approximate surface area is 135 Å². The standard InChI is InChI=1S/C16H14F4N2O2/c17-13-6-4-11(5-7-13)9-21-15(23)22-10-12-2-1-3-14(8-12)24-16(18,19)20/h1-8H,9-10H2,(H2,21,22,23). The highest BCUT2D eigenvalue weighted by Gasteiger charge is 2.31. The number of halogens is 4. The van der Waals surface area contributed by atoms with Crippen molar-refractivity contribution in [3.63, 3.8) is 0 Å². The zero-order chi connectivity index (χ0) is 17.6. The first-order valence-electron chi connectivity index (χ1n) is 6.93. The maximum absolute atomic E-state index is 12.7. The van der Waals surface area contributed by atoms with Gasteiger partial charge in [0.2, 0.25) is 0 Å². The molecule has 2 aromatic rings. The third-order valence-electron chi connectivity index (χ3n) is 2.95. The van der Waals surface area contributed by atoms with Crippen molar-refractivity contribution in [2.45, 2.75) is 19.5 Å². The van der Waals surface area contributed by atoms with Gasteiger partial charge in [-0.3, -0.25) is 0 Å². The number of amides is 2. The molecule has 2 amide bonds. The van der Waals surface area contributed by atoms with Crippen LogP contribution in [0.1, 0.15) is 11.1 Å². The summed E-state index contributed by atoms with van der Waals surface area (Å²) in [5.74, 6) is -0.724. The van der Waals surface area contributed by atoms with E-state index >= 15 is 0 Å². The Morgan fingerprint density at radius 3 is 2.21 bits per heavy atom. The van der Waals surface area contributed by atoms with E-state index in [1.165, 1.54) is 42.5 Å². The molecule has 0 saturated heterocycles. The topological polar surface area (TPSA) is 50.4 Å². The molecule has 128 valence electrons. The summed E-state index contributed by atoms with van der Waals surface area (Å²) >= 11 is 0. The molecule has 0 unspecified atom stereocenters. The average molecular weight is 342 g/mol. The van der Waals surface area contributed by atoms with Gasteiger partial charge in [-0.1, -0.05) is 24.3 Å². The molecule has 2 N–H and O–H groups in total. The van der Waals surface area contributed by atoms with Crippen molar-refractivity contribution in [3.8, 4) is 5.75 Å². The Morgan fingerprint density at radius 1 is 0.958 bits per heavy atom. The van der Waals surface area contributed by atoms with Crippen LogP contribution in [0.4, 0.5) is 22.4 Å². The van der Waals surface area contributed by atoms with Crippen molar-refractivity contribution in [2.24, 2.45) is 0 Å². The second-order valence-corrected chi connectivity index (χ2v) is 4.86. The van der Waals surface area contributed by atoms with Crippen LogP contribution in [-0.4, -0.2) is 12.4 Å². The molecule has 0 aromatic heterocycles. The van der Waals surface area contributed by atoms with Crippen LogP contribution >= 0.6 is 0 Å². The Bertz CT molecular complexity index is 687. The van der Waals surface area contributed by atoms with Gasteiger partial charge in [-0.05, 0) is 35.4 Å². The van der Waals surface area contributed by atoms with Crippen LogP contribution in [0.15, 0.2) is 48.5 Å². The van der Waals surface area contributed by atoms with Gasteiger partial charge in [0, 0.05) is 13.1 Å². The predicted octanol–water partition coefficient (Wildman–Crippen LogP) is 3.72. The van der Waals surface area contributed by atoms with Gasteiger partial charge in [0.15, 0.2) is 0 Å². The minimum atomic E-state index is -4.77. The number of benzene rings is 2. The van der Waals surface area contributed by atoms with E-state index in [1.54, 1.807) is 6.07 Å². The molecule has 0 aliphatic carbocycles. The van der Waals surface area contributed by atoms with Gasteiger partial charge in [0.1, 0.15) is 11.6 Å². The van der Waals surface area contributed by atoms with E-state index in [1.807, 2.05) is 0 Å². The second-order valence-electron chi connectivity index (χ2n) is 4.86. The first kappa shape index (κ1) is 17.6. The van der Waals surface area contributed by atoms with E-state index in [0.29, 0.717) is 11.1 Å². The van der Waals surface area contributed by atoms with Crippen LogP contribution in [0.3, 0.4) is 0 Å². The number of alkyl halides is 3. The number of hydrogen-bond donors (Lipinski definition) is 2. The lowest BCUT2D eigenvalue weighted by atomic mass is 10.2. The summed E-state index contributed by atoms with van der Waals surface area (Å²) in [6, 6.07) is 10.4. The summed E-state index contributed by atoms with van der Waals surface area (Å²) in [5.41, 5.74) is 1.17. The molecule has 0 aliphatic rings. The molecule has 8 heteroatoms. The molecular weight excluding hydrogens is 328 g/mol. The fourth-order valence-corrected chi connectivity index (χ4v) is 1.88. The Morgan fingerprint density at radius 2 is 1.58 bits per heavy atom. The predicted molar refractivity (Wildman–Crippen MR) is 78.6 cm³/mol. The molecule has 0 saturated carbocycles. The number of carbonyl (C=O) groups excluding carboxylic acids is 1. The van der Waals surface area contributed by atoms with E-state index in [-0.39, 0.29) is 24.7 Å². The van der Waals surface area contributed by atoms with Crippen LogP contribution in [0.25, 0.3) is 0 Å². The molecular formula is C16H14F4N2O2. The number of hydrogen-bond acceptors (Lipinski definition) is 2. The molecule has 0 radical (unpaired) electrons. The lowest BCUT2D eigenvalue weighted by molar-refractivity contribution is -0.274. The summed E-state index contributed by atoms with van der Waals surface area (Å²) < 4.78 is 53.0. The molecule has 4 nitrogen and oxygen atoms in total. The largest absolute Gasteiger partial charge is 0.573 e. The van der Waals surface area contributed by atoms with E-state index < -0.39 is 12.4 Å². The van der Waals surface area contributed by atoms with Gasteiger partial charge >= 0.3 is 12.4 Å². The summed E-state index contributed by atoms with van der Waals surface area (Å²) in [6.07, 6.45) is -4.77. The zero-order valence-electron chi connectivity index (χ0n) is 12.4. The third kappa shape index (κ3) is 6.15. The molecule has 2 rings (SSSR count). The van der Waals surface area contributed by atoms with Gasteiger partial charge < -0.3 is 15.4 Å². The lowest BCUT2D eigenvalue weighted by Crippen LogP contribution is -2.34. The van der Waals surface area contributed by atoms with E-state index in [0.717, 1.165) is 0 Å². The van der Waals surface area contributed by atoms with Crippen LogP contribution in [0.2, 0.25) is 0 Å². The van der Waals surface area contributed by atoms with Gasteiger partial charge in [-0.2, -0.15) is 0 Å². The Hall–Kier alpha value is -2.77. The van der Waals surface area contributed by atoms with E-state index in [9.17, 15) is 22.4 Å². The minimum Gasteiger partial charge on any atom is -0.406 e. The molecule has 0 bridgehead atoms. The smallest absolute Gasteiger partial charge is 0.406 e. The quantitative estimate of drug-likeness (QED) is 0.814. The van der Waals surface area contributed by atoms with Gasteiger partial charge in [0.05, 0.1) is 0 Å². The van der Waals surface area contributed by atoms with Gasteiger partial charge in [-0.15, -0.1) is 13.2 Å². The van der Waals surface area contributed by atoms with Crippen molar-refractivity contribution in [3.05, 3.63) is 65.5 Å². The van der Waals surface area contributed by atoms with Crippen LogP contribution in [-0.2, 0) is 13.1 Å². The van der Waals surface area contributed by atoms with Crippen molar-refractivity contribution in [1.82, 2.24) is 10.6 Å². The maximum atomic E-state index is 12.7. The highest BCUT2D eigenvalue weighted by atomic mass is 19.4. The van der Waals surface area contributed by atoms with Gasteiger partial charge in [0.25, 0.3) is 0 Å². The lowest BCUT2D eigenvalue weighted by Gasteiger charge is -2.11. The van der Waals surface area contributed by atoms with Crippen molar-refractivity contribution in [1.29, 1.82) is 0 Å². The molecule has 0 atom stereocenters. The van der Waals surface area contributed by atoms with Crippen molar-refractivity contribution in [2.75, 3.05) is 0 Å². The SMILES string of the molecule is O=C(NCc1ccc(F)cc1)NCc1cccc(OC(F)(F)F)c1. The Kier molecular flexibility index (Phi) is 5.62. The molecule has 2 aromatic carbocycles. The number of rotatable bonds is 5. The number of nitrogens with one attached hydrogen (secondary N) is 2. The summed E-state index contributed by atoms with van der Waals surface area (Å²) in [5, 5.41) is 5.07. The van der Waals surface area contributed by atoms with Crippen LogP contribution < -0.4 is 15.4 Å². The average Bonchev–Trinajstić information content (AvgIpc) is 2.51. The first-order valence-corrected chi connectivity index (χ1v) is 6.93. The van der Waals surface area contributed by atoms with Crippen molar-refractivity contribution >= 4 is 6.03 Å². The van der Waals surface area contributed by atoms with Gasteiger partial charge in [-0.25, -0.2) is 9.18 Å². The fraction of sp³-hybridized carbons (Fsp3) is 0.188. The molecule has 0 aliphatic heterocycles. The van der Waals surface area contributed by atoms with Crippen molar-refractivity contribution < 1.29 is 27.1 Å². The minimum absolute atomic E-state index is 0.0321. The number of carbonyl (C=O) groups is 1. The highest BCUT2D eigenvalue weighted by Crippen LogP contribution is 2.23. The molecule has 0 heterocycles. The second kappa shape index (κ2) is 7.67. The number of urea groups is 1. The van der Waals surface area contributed by atoms with E-state index in [2.05, 4.69) is 15.4 Å².